The lowest BCUT2D eigenvalue weighted by Gasteiger charge is -2.31. The maximum absolute atomic E-state index is 14.0. The highest BCUT2D eigenvalue weighted by molar-refractivity contribution is 6.03. The van der Waals surface area contributed by atoms with E-state index in [0.717, 1.165) is 24.2 Å². The molecule has 0 aromatic heterocycles. The molecule has 1 saturated heterocycles. The van der Waals surface area contributed by atoms with Gasteiger partial charge in [0.25, 0.3) is 11.8 Å². The average Bonchev–Trinajstić information content (AvgIpc) is 3.71. The van der Waals surface area contributed by atoms with Gasteiger partial charge in [-0.3, -0.25) is 14.5 Å². The van der Waals surface area contributed by atoms with Crippen LogP contribution in [0, 0.1) is 5.82 Å². The van der Waals surface area contributed by atoms with Crippen LogP contribution < -0.4 is 14.2 Å². The summed E-state index contributed by atoms with van der Waals surface area (Å²) in [5.41, 5.74) is 2.65. The summed E-state index contributed by atoms with van der Waals surface area (Å²) in [5.74, 6) is 0.935. The summed E-state index contributed by atoms with van der Waals surface area (Å²) in [6.07, 6.45) is 0.414. The van der Waals surface area contributed by atoms with E-state index in [1.54, 1.807) is 48.4 Å². The molecule has 43 heavy (non-hydrogen) atoms. The third-order valence-electron chi connectivity index (χ3n) is 7.86. The van der Waals surface area contributed by atoms with Gasteiger partial charge in [-0.05, 0) is 59.7 Å². The minimum Gasteiger partial charge on any atom is -0.497 e. The van der Waals surface area contributed by atoms with Crippen LogP contribution in [-0.2, 0) is 9.53 Å². The lowest BCUT2D eigenvalue weighted by molar-refractivity contribution is -0.133. The van der Waals surface area contributed by atoms with Gasteiger partial charge in [-0.15, -0.1) is 0 Å². The van der Waals surface area contributed by atoms with Crippen LogP contribution in [0.2, 0.25) is 0 Å². The largest absolute Gasteiger partial charge is 0.497 e. The minimum atomic E-state index is -0.445. The van der Waals surface area contributed by atoms with Crippen molar-refractivity contribution in [3.8, 4) is 17.2 Å². The number of ether oxygens (including phenoxy) is 4. The van der Waals surface area contributed by atoms with E-state index in [1.165, 1.54) is 17.1 Å². The third-order valence-corrected chi connectivity index (χ3v) is 7.86. The smallest absolute Gasteiger partial charge is 0.262 e. The topological polar surface area (TPSA) is 93.1 Å². The number of hydrazone groups is 1. The van der Waals surface area contributed by atoms with Crippen molar-refractivity contribution in [2.45, 2.75) is 12.5 Å². The number of fused-ring (bicyclic) bond motifs is 1. The Morgan fingerprint density at radius 3 is 2.49 bits per heavy atom. The Hall–Kier alpha value is -4.48. The minimum absolute atomic E-state index is 0.134. The number of morpholine rings is 1. The summed E-state index contributed by atoms with van der Waals surface area (Å²) in [4.78, 5) is 31.6. The van der Waals surface area contributed by atoms with E-state index < -0.39 is 6.04 Å². The summed E-state index contributed by atoms with van der Waals surface area (Å²) >= 11 is 0. The maximum atomic E-state index is 14.0. The maximum Gasteiger partial charge on any atom is 0.262 e. The van der Waals surface area contributed by atoms with Gasteiger partial charge in [0.2, 0.25) is 6.79 Å². The van der Waals surface area contributed by atoms with Gasteiger partial charge in [0.1, 0.15) is 18.1 Å². The van der Waals surface area contributed by atoms with E-state index in [9.17, 15) is 14.0 Å². The molecule has 3 aromatic carbocycles. The molecule has 3 aliphatic heterocycles. The number of methoxy groups -OCH3 is 1. The second-order valence-corrected chi connectivity index (χ2v) is 10.5. The molecule has 11 heteroatoms. The number of nitrogens with zero attached hydrogens (tertiary/aromatic N) is 4. The molecule has 0 bridgehead atoms. The first kappa shape index (κ1) is 28.6. The Labute approximate surface area is 249 Å². The Balaban J connectivity index is 1.27. The molecule has 0 N–H and O–H groups in total. The second kappa shape index (κ2) is 12.8. The van der Waals surface area contributed by atoms with E-state index in [4.69, 9.17) is 24.0 Å². The fourth-order valence-electron chi connectivity index (χ4n) is 5.43. The number of halogens is 1. The summed E-state index contributed by atoms with van der Waals surface area (Å²) in [6.45, 7) is 3.73. The number of hydrogen-bond donors (Lipinski definition) is 0. The first-order chi connectivity index (χ1) is 21.0. The quantitative estimate of drug-likeness (QED) is 0.376. The van der Waals surface area contributed by atoms with Gasteiger partial charge < -0.3 is 23.8 Å². The molecule has 1 fully saturated rings. The summed E-state index contributed by atoms with van der Waals surface area (Å²) < 4.78 is 35.4. The highest BCUT2D eigenvalue weighted by Gasteiger charge is 2.35. The van der Waals surface area contributed by atoms with Gasteiger partial charge in [0.15, 0.2) is 11.5 Å². The van der Waals surface area contributed by atoms with Crippen molar-refractivity contribution in [1.82, 2.24) is 14.8 Å². The van der Waals surface area contributed by atoms with Crippen molar-refractivity contribution in [2.75, 3.05) is 59.8 Å². The van der Waals surface area contributed by atoms with Gasteiger partial charge in [0.05, 0.1) is 32.1 Å². The van der Waals surface area contributed by atoms with Crippen LogP contribution in [0.4, 0.5) is 4.39 Å². The van der Waals surface area contributed by atoms with Crippen LogP contribution in [-0.4, -0.2) is 92.2 Å². The Morgan fingerprint density at radius 2 is 1.74 bits per heavy atom. The van der Waals surface area contributed by atoms with Crippen LogP contribution in [0.25, 0.3) is 0 Å². The molecule has 0 radical (unpaired) electrons. The molecule has 0 unspecified atom stereocenters. The molecule has 0 aliphatic carbocycles. The van der Waals surface area contributed by atoms with Crippen LogP contribution >= 0.6 is 0 Å². The van der Waals surface area contributed by atoms with Gasteiger partial charge in [-0.25, -0.2) is 9.40 Å². The Morgan fingerprint density at radius 1 is 1.00 bits per heavy atom. The monoisotopic (exact) mass is 588 g/mol. The fourth-order valence-corrected chi connectivity index (χ4v) is 5.43. The van der Waals surface area contributed by atoms with Gasteiger partial charge in [0, 0.05) is 38.2 Å². The van der Waals surface area contributed by atoms with Crippen molar-refractivity contribution in [3.63, 3.8) is 0 Å². The second-order valence-electron chi connectivity index (χ2n) is 10.5. The predicted molar refractivity (Wildman–Crippen MR) is 156 cm³/mol. The molecular formula is C32H33FN4O6. The van der Waals surface area contributed by atoms with Gasteiger partial charge in [-0.1, -0.05) is 18.2 Å². The number of amides is 2. The zero-order chi connectivity index (χ0) is 29.8. The summed E-state index contributed by atoms with van der Waals surface area (Å²) in [5, 5.41) is 6.17. The molecular weight excluding hydrogens is 555 g/mol. The molecule has 3 aromatic rings. The first-order valence-electron chi connectivity index (χ1n) is 14.3. The van der Waals surface area contributed by atoms with Crippen LogP contribution in [0.1, 0.15) is 33.9 Å². The first-order valence-corrected chi connectivity index (χ1v) is 14.3. The standard InChI is InChI=1S/C32H33FN4O6/c1-40-26-9-4-23(5-10-26)32(39)36(13-12-35-14-16-41-17-15-35)20-31(38)37-28(24-6-11-29-30(18-24)43-21-42-29)19-27(34-37)22-2-7-25(33)8-3-22/h2-11,18,28H,12-17,19-21H2,1H3/t28-/m0/s1. The van der Waals surface area contributed by atoms with E-state index in [0.29, 0.717) is 61.2 Å². The third kappa shape index (κ3) is 6.47. The molecule has 3 heterocycles. The zero-order valence-electron chi connectivity index (χ0n) is 23.9. The van der Waals surface area contributed by atoms with Crippen molar-refractivity contribution in [2.24, 2.45) is 5.10 Å². The molecule has 1 atom stereocenters. The molecule has 0 spiro atoms. The van der Waals surface area contributed by atoms with E-state index in [-0.39, 0.29) is 31.0 Å². The van der Waals surface area contributed by atoms with Crippen LogP contribution in [0.5, 0.6) is 17.2 Å². The molecule has 0 saturated carbocycles. The van der Waals surface area contributed by atoms with Crippen molar-refractivity contribution in [3.05, 3.63) is 89.2 Å². The van der Waals surface area contributed by atoms with Crippen molar-refractivity contribution < 1.29 is 32.9 Å². The SMILES string of the molecule is COc1ccc(C(=O)N(CCN2CCOCC2)CC(=O)N2N=C(c3ccc(F)cc3)C[C@H]2c2ccc3c(c2)OCO3)cc1. The van der Waals surface area contributed by atoms with Crippen LogP contribution in [0.15, 0.2) is 71.8 Å². The van der Waals surface area contributed by atoms with Crippen molar-refractivity contribution in [1.29, 1.82) is 0 Å². The van der Waals surface area contributed by atoms with E-state index in [1.807, 2.05) is 18.2 Å². The molecule has 2 amide bonds. The van der Waals surface area contributed by atoms with Crippen LogP contribution in [0.3, 0.4) is 0 Å². The number of hydrogen-bond acceptors (Lipinski definition) is 8. The van der Waals surface area contributed by atoms with Gasteiger partial charge >= 0.3 is 0 Å². The summed E-state index contributed by atoms with van der Waals surface area (Å²) in [6, 6.07) is 18.0. The lowest BCUT2D eigenvalue weighted by atomic mass is 9.98. The van der Waals surface area contributed by atoms with Gasteiger partial charge in [-0.2, -0.15) is 5.10 Å². The van der Waals surface area contributed by atoms with E-state index in [2.05, 4.69) is 4.90 Å². The average molecular weight is 589 g/mol. The Kier molecular flexibility index (Phi) is 8.52. The lowest BCUT2D eigenvalue weighted by Crippen LogP contribution is -2.46. The fraction of sp³-hybridized carbons (Fsp3) is 0.344. The highest BCUT2D eigenvalue weighted by Crippen LogP contribution is 2.39. The number of carbonyl (C=O) groups is 2. The number of benzene rings is 3. The normalized spacial score (nSPS) is 18.0. The summed E-state index contributed by atoms with van der Waals surface area (Å²) in [7, 11) is 1.57. The predicted octanol–water partition coefficient (Wildman–Crippen LogP) is 3.72. The van der Waals surface area contributed by atoms with E-state index >= 15 is 0 Å². The highest BCUT2D eigenvalue weighted by atomic mass is 19.1. The zero-order valence-corrected chi connectivity index (χ0v) is 23.9. The molecule has 10 nitrogen and oxygen atoms in total. The van der Waals surface area contributed by atoms with Crippen molar-refractivity contribution >= 4 is 17.5 Å². The molecule has 224 valence electrons. The number of carbonyl (C=O) groups excluding carboxylic acids is 2. The molecule has 6 rings (SSSR count). The molecule has 3 aliphatic rings. The number of rotatable bonds is 9. The Bertz CT molecular complexity index is 1490.